The molecule has 2 N–H and O–H groups in total. The van der Waals surface area contributed by atoms with Crippen molar-refractivity contribution in [1.29, 1.82) is 0 Å². The molecule has 10 nitrogen and oxygen atoms in total. The topological polar surface area (TPSA) is 134 Å². The van der Waals surface area contributed by atoms with Crippen molar-refractivity contribution in [2.24, 2.45) is 11.1 Å². The number of carbonyl (C=O) groups excluding carboxylic acids is 3. The Labute approximate surface area is 170 Å². The molecular weight excluding hydrogens is 402 g/mol. The van der Waals surface area contributed by atoms with Gasteiger partial charge in [-0.25, -0.2) is 4.79 Å². The predicted molar refractivity (Wildman–Crippen MR) is 102 cm³/mol. The largest absolute Gasteiger partial charge is 0.427 e. The Morgan fingerprint density at radius 2 is 2.00 bits per heavy atom. The number of aryl methyl sites for hydroxylation is 1. The summed E-state index contributed by atoms with van der Waals surface area (Å²) in [6.07, 6.45) is 0. The van der Waals surface area contributed by atoms with Crippen LogP contribution in [0.15, 0.2) is 26.7 Å². The first-order valence-electron chi connectivity index (χ1n) is 8.95. The molecule has 3 rings (SSSR count). The van der Waals surface area contributed by atoms with Crippen LogP contribution in [0.1, 0.15) is 26.5 Å². The quantitative estimate of drug-likeness (QED) is 0.402. The van der Waals surface area contributed by atoms with Crippen LogP contribution in [0.4, 0.5) is 0 Å². The summed E-state index contributed by atoms with van der Waals surface area (Å²) in [6, 6.07) is 0.616. The maximum atomic E-state index is 12.7. The van der Waals surface area contributed by atoms with Crippen molar-refractivity contribution in [2.45, 2.75) is 45.7 Å². The lowest BCUT2D eigenvalue weighted by molar-refractivity contribution is -0.173. The molecule has 0 saturated carbocycles. The number of amides is 1. The Morgan fingerprint density at radius 1 is 1.31 bits per heavy atom. The maximum absolute atomic E-state index is 12.7. The summed E-state index contributed by atoms with van der Waals surface area (Å²) in [5, 5.41) is -0.388. The van der Waals surface area contributed by atoms with Crippen LogP contribution < -0.4 is 11.3 Å². The molecule has 2 atom stereocenters. The number of rotatable bonds is 5. The number of nitrogens with zero attached hydrogens (tertiary/aromatic N) is 2. The lowest BCUT2D eigenvalue weighted by atomic mass is 9.98. The van der Waals surface area contributed by atoms with Gasteiger partial charge in [-0.3, -0.25) is 19.3 Å². The van der Waals surface area contributed by atoms with Crippen molar-refractivity contribution >= 4 is 29.6 Å². The van der Waals surface area contributed by atoms with Gasteiger partial charge in [-0.05, 0) is 33.3 Å². The van der Waals surface area contributed by atoms with Gasteiger partial charge in [0.2, 0.25) is 12.7 Å². The van der Waals surface area contributed by atoms with Crippen molar-refractivity contribution in [2.75, 3.05) is 12.5 Å². The van der Waals surface area contributed by atoms with Crippen LogP contribution in [-0.4, -0.2) is 51.4 Å². The Hall–Kier alpha value is -2.53. The van der Waals surface area contributed by atoms with Gasteiger partial charge in [-0.15, -0.1) is 11.8 Å². The van der Waals surface area contributed by atoms with Crippen LogP contribution in [0, 0.1) is 12.3 Å². The van der Waals surface area contributed by atoms with E-state index in [9.17, 15) is 19.2 Å². The fourth-order valence-corrected chi connectivity index (χ4v) is 4.17. The second-order valence-corrected chi connectivity index (χ2v) is 8.95. The van der Waals surface area contributed by atoms with Gasteiger partial charge in [0.15, 0.2) is 0 Å². The van der Waals surface area contributed by atoms with Crippen LogP contribution in [0.25, 0.3) is 0 Å². The highest BCUT2D eigenvalue weighted by molar-refractivity contribution is 8.00. The molecule has 2 aliphatic heterocycles. The molecule has 11 heteroatoms. The van der Waals surface area contributed by atoms with Crippen LogP contribution in [0.3, 0.4) is 0 Å². The molecule has 0 aromatic carbocycles. The number of hydrogen-bond acceptors (Lipinski definition) is 9. The van der Waals surface area contributed by atoms with Gasteiger partial charge < -0.3 is 19.7 Å². The van der Waals surface area contributed by atoms with Crippen molar-refractivity contribution < 1.29 is 28.4 Å². The van der Waals surface area contributed by atoms with Gasteiger partial charge in [0.1, 0.15) is 22.9 Å². The number of aromatic nitrogens is 1. The number of esters is 2. The van der Waals surface area contributed by atoms with Crippen molar-refractivity contribution in [3.05, 3.63) is 33.5 Å². The molecule has 29 heavy (non-hydrogen) atoms. The molecular formula is C18H23N3O7S. The van der Waals surface area contributed by atoms with E-state index in [0.29, 0.717) is 17.1 Å². The van der Waals surface area contributed by atoms with Gasteiger partial charge in [0.25, 0.3) is 5.56 Å². The number of nitrogens with two attached hydrogens (primary N) is 1. The molecule has 1 saturated heterocycles. The van der Waals surface area contributed by atoms with E-state index in [4.69, 9.17) is 19.7 Å². The maximum Gasteiger partial charge on any atom is 0.358 e. The summed E-state index contributed by atoms with van der Waals surface area (Å²) < 4.78 is 16.5. The third kappa shape index (κ3) is 4.10. The molecule has 1 unspecified atom stereocenters. The number of hydrogen-bond donors (Lipinski definition) is 1. The lowest BCUT2D eigenvalue weighted by Crippen LogP contribution is -2.68. The molecule has 0 spiro atoms. The number of β-lactam (4-membered cyclic amide) rings is 1. The fraction of sp³-hybridized carbons (Fsp3) is 0.556. The number of ether oxygens (including phenoxy) is 2. The number of thioether (sulfide) groups is 1. The minimum absolute atomic E-state index is 0.00760. The highest BCUT2D eigenvalue weighted by Crippen LogP contribution is 2.40. The Bertz CT molecular complexity index is 940. The highest BCUT2D eigenvalue weighted by atomic mass is 32.2. The lowest BCUT2D eigenvalue weighted by Gasteiger charge is -2.48. The smallest absolute Gasteiger partial charge is 0.358 e. The van der Waals surface area contributed by atoms with Crippen molar-refractivity contribution in [3.63, 3.8) is 0 Å². The number of carbonyl (C=O) groups is 3. The van der Waals surface area contributed by atoms with Crippen molar-refractivity contribution in [3.8, 4) is 0 Å². The van der Waals surface area contributed by atoms with E-state index in [1.165, 1.54) is 22.7 Å². The molecule has 158 valence electrons. The van der Waals surface area contributed by atoms with E-state index in [1.807, 2.05) is 0 Å². The van der Waals surface area contributed by atoms with Gasteiger partial charge in [-0.1, -0.05) is 0 Å². The first-order valence-corrected chi connectivity index (χ1v) is 10.00. The predicted octanol–water partition coefficient (Wildman–Crippen LogP) is 0.336. The Balaban J connectivity index is 1.82. The van der Waals surface area contributed by atoms with E-state index >= 15 is 0 Å². The summed E-state index contributed by atoms with van der Waals surface area (Å²) in [5.74, 6) is -0.987. The molecule has 0 aliphatic carbocycles. The molecule has 0 radical (unpaired) electrons. The summed E-state index contributed by atoms with van der Waals surface area (Å²) in [6.45, 7) is 6.04. The van der Waals surface area contributed by atoms with E-state index < -0.39 is 36.1 Å². The standard InChI is InChI=1S/C18H23N3O7S/c1-9-5-11(22)20(28-9)6-10-7-29-15-12(19)14(23)21(15)13(10)16(24)26-8-27-17(25)18(2,3)4/h5,12,15H,6-8,19H2,1-4H3/t12?,15-/m1/s1. The first-order chi connectivity index (χ1) is 13.5. The van der Waals surface area contributed by atoms with Gasteiger partial charge in [0.05, 0.1) is 12.0 Å². The second-order valence-electron chi connectivity index (χ2n) is 7.84. The van der Waals surface area contributed by atoms with Crippen LogP contribution >= 0.6 is 11.8 Å². The summed E-state index contributed by atoms with van der Waals surface area (Å²) in [5.41, 5.74) is 5.20. The van der Waals surface area contributed by atoms with E-state index in [-0.39, 0.29) is 23.2 Å². The van der Waals surface area contributed by atoms with Crippen molar-refractivity contribution in [1.82, 2.24) is 9.64 Å². The highest BCUT2D eigenvalue weighted by Gasteiger charge is 2.52. The zero-order valence-corrected chi connectivity index (χ0v) is 17.4. The van der Waals surface area contributed by atoms with Crippen LogP contribution in [-0.2, 0) is 30.4 Å². The normalized spacial score (nSPS) is 21.6. The molecule has 2 aliphatic rings. The second kappa shape index (κ2) is 7.71. The zero-order valence-electron chi connectivity index (χ0n) is 16.6. The van der Waals surface area contributed by atoms with Crippen LogP contribution in [0.2, 0.25) is 0 Å². The fourth-order valence-electron chi connectivity index (χ4n) is 2.89. The molecule has 1 aromatic heterocycles. The third-order valence-electron chi connectivity index (χ3n) is 4.44. The monoisotopic (exact) mass is 425 g/mol. The first kappa shape index (κ1) is 21.2. The number of fused-ring (bicyclic) bond motifs is 1. The van der Waals surface area contributed by atoms with Gasteiger partial charge in [0, 0.05) is 11.8 Å². The Morgan fingerprint density at radius 3 is 2.59 bits per heavy atom. The minimum atomic E-state index is -0.830. The van der Waals surface area contributed by atoms with E-state index in [1.54, 1.807) is 27.7 Å². The molecule has 3 heterocycles. The summed E-state index contributed by atoms with van der Waals surface area (Å²) in [4.78, 5) is 50.1. The minimum Gasteiger partial charge on any atom is -0.427 e. The average Bonchev–Trinajstić information content (AvgIpc) is 2.96. The molecule has 1 amide bonds. The Kier molecular flexibility index (Phi) is 5.63. The molecule has 0 bridgehead atoms. The van der Waals surface area contributed by atoms with Gasteiger partial charge in [-0.2, -0.15) is 4.74 Å². The summed E-state index contributed by atoms with van der Waals surface area (Å²) in [7, 11) is 0. The molecule has 1 aromatic rings. The molecule has 1 fully saturated rings. The van der Waals surface area contributed by atoms with Gasteiger partial charge >= 0.3 is 11.9 Å². The average molecular weight is 425 g/mol. The summed E-state index contributed by atoms with van der Waals surface area (Å²) >= 11 is 1.39. The zero-order chi connectivity index (χ0) is 21.5. The van der Waals surface area contributed by atoms with E-state index in [2.05, 4.69) is 0 Å². The SMILES string of the molecule is Cc1cc(=O)n(CC2=C(C(=O)OCOC(=O)C(C)(C)C)N3C(=O)C(N)[C@H]3SC2)o1. The van der Waals surface area contributed by atoms with Crippen LogP contribution in [0.5, 0.6) is 0 Å². The van der Waals surface area contributed by atoms with E-state index in [0.717, 1.165) is 4.74 Å². The third-order valence-corrected chi connectivity index (χ3v) is 5.80.